The summed E-state index contributed by atoms with van der Waals surface area (Å²) in [5.74, 6) is 0.817. The van der Waals surface area contributed by atoms with Gasteiger partial charge in [-0.2, -0.15) is 0 Å². The molecule has 84 valence electrons. The maximum Gasteiger partial charge on any atom is 0.224 e. The molecule has 2 aromatic heterocycles. The van der Waals surface area contributed by atoms with Gasteiger partial charge in [0.2, 0.25) is 5.28 Å². The molecule has 16 heavy (non-hydrogen) atoms. The number of nitrogens with zero attached hydrogens (tertiary/aromatic N) is 4. The molecule has 0 saturated heterocycles. The van der Waals surface area contributed by atoms with Gasteiger partial charge in [-0.15, -0.1) is 0 Å². The van der Waals surface area contributed by atoms with Crippen molar-refractivity contribution in [2.24, 2.45) is 0 Å². The van der Waals surface area contributed by atoms with Gasteiger partial charge in [0.15, 0.2) is 0 Å². The molecule has 0 spiro atoms. The zero-order chi connectivity index (χ0) is 11.4. The molecule has 2 heterocycles. The van der Waals surface area contributed by atoms with Crippen LogP contribution >= 0.6 is 11.6 Å². The van der Waals surface area contributed by atoms with E-state index in [1.54, 1.807) is 18.7 Å². The molecule has 0 radical (unpaired) electrons. The molecule has 0 aliphatic rings. The van der Waals surface area contributed by atoms with Crippen molar-refractivity contribution in [3.63, 3.8) is 0 Å². The highest BCUT2D eigenvalue weighted by Gasteiger charge is 2.08. The molecule has 0 unspecified atom stereocenters. The van der Waals surface area contributed by atoms with Crippen LogP contribution in [0.5, 0.6) is 0 Å². The molecule has 0 bridgehead atoms. The number of halogens is 1. The Morgan fingerprint density at radius 3 is 3.00 bits per heavy atom. The molecule has 2 rings (SSSR count). The van der Waals surface area contributed by atoms with Gasteiger partial charge in [0.25, 0.3) is 0 Å². The average Bonchev–Trinajstić information content (AvgIpc) is 2.78. The summed E-state index contributed by atoms with van der Waals surface area (Å²) in [7, 11) is 0. The lowest BCUT2D eigenvalue weighted by atomic mass is 10.4. The number of imidazole rings is 1. The van der Waals surface area contributed by atoms with Crippen LogP contribution in [0.15, 0.2) is 24.8 Å². The highest BCUT2D eigenvalue weighted by Crippen LogP contribution is 2.14. The molecule has 0 aliphatic heterocycles. The second kappa shape index (κ2) is 4.94. The van der Waals surface area contributed by atoms with Crippen molar-refractivity contribution in [2.75, 3.05) is 11.4 Å². The fraction of sp³-hybridized carbons (Fsp3) is 0.300. The van der Waals surface area contributed by atoms with Crippen LogP contribution in [0.2, 0.25) is 5.28 Å². The lowest BCUT2D eigenvalue weighted by molar-refractivity contribution is 0.795. The van der Waals surface area contributed by atoms with E-state index in [-0.39, 0.29) is 5.28 Å². The number of nitrogens with one attached hydrogen (secondary N) is 1. The number of hydrogen-bond donors (Lipinski definition) is 1. The van der Waals surface area contributed by atoms with Gasteiger partial charge < -0.3 is 9.88 Å². The molecule has 0 fully saturated rings. The third kappa shape index (κ3) is 2.49. The molecule has 0 saturated carbocycles. The van der Waals surface area contributed by atoms with Crippen LogP contribution in [0.4, 0.5) is 5.82 Å². The highest BCUT2D eigenvalue weighted by atomic mass is 35.5. The Labute approximate surface area is 98.5 Å². The minimum Gasteiger partial charge on any atom is -0.351 e. The number of aromatic nitrogens is 4. The summed E-state index contributed by atoms with van der Waals surface area (Å²) in [5, 5.41) is 0.264. The number of anilines is 1. The first-order chi connectivity index (χ1) is 7.79. The average molecular weight is 238 g/mol. The van der Waals surface area contributed by atoms with Crippen molar-refractivity contribution in [2.45, 2.75) is 13.5 Å². The molecule has 5 nitrogen and oxygen atoms in total. The quantitative estimate of drug-likeness (QED) is 0.825. The molecule has 0 aromatic carbocycles. The summed E-state index contributed by atoms with van der Waals surface area (Å²) in [6, 6.07) is 1.84. The molecule has 0 amide bonds. The van der Waals surface area contributed by atoms with Crippen LogP contribution in [0.1, 0.15) is 12.6 Å². The first kappa shape index (κ1) is 10.9. The molecule has 0 aliphatic carbocycles. The fourth-order valence-corrected chi connectivity index (χ4v) is 1.58. The minimum absolute atomic E-state index is 0.264. The summed E-state index contributed by atoms with van der Waals surface area (Å²) in [6.45, 7) is 3.63. The van der Waals surface area contributed by atoms with Crippen molar-refractivity contribution in [1.29, 1.82) is 0 Å². The van der Waals surface area contributed by atoms with Crippen LogP contribution in [0.25, 0.3) is 0 Å². The first-order valence-corrected chi connectivity index (χ1v) is 5.38. The van der Waals surface area contributed by atoms with Gasteiger partial charge in [0.1, 0.15) is 5.82 Å². The van der Waals surface area contributed by atoms with Crippen molar-refractivity contribution >= 4 is 17.4 Å². The van der Waals surface area contributed by atoms with Gasteiger partial charge in [-0.3, -0.25) is 0 Å². The summed E-state index contributed by atoms with van der Waals surface area (Å²) < 4.78 is 0. The number of H-pyrrole nitrogens is 1. The summed E-state index contributed by atoms with van der Waals surface area (Å²) in [4.78, 5) is 17.2. The van der Waals surface area contributed by atoms with E-state index in [9.17, 15) is 0 Å². The predicted octanol–water partition coefficient (Wildman–Crippen LogP) is 1.88. The third-order valence-electron chi connectivity index (χ3n) is 2.23. The second-order valence-electron chi connectivity index (χ2n) is 3.27. The lowest BCUT2D eigenvalue weighted by Crippen LogP contribution is -2.23. The molecular formula is C10H12ClN5. The first-order valence-electron chi connectivity index (χ1n) is 5.00. The van der Waals surface area contributed by atoms with Gasteiger partial charge in [-0.05, 0) is 24.6 Å². The number of rotatable bonds is 4. The Bertz CT molecular complexity index is 442. The van der Waals surface area contributed by atoms with Crippen LogP contribution in [0, 0.1) is 0 Å². The van der Waals surface area contributed by atoms with E-state index in [1.807, 2.05) is 6.07 Å². The van der Waals surface area contributed by atoms with Crippen LogP contribution in [-0.4, -0.2) is 26.5 Å². The zero-order valence-corrected chi connectivity index (χ0v) is 9.65. The maximum absolute atomic E-state index is 5.76. The fourth-order valence-electron chi connectivity index (χ4n) is 1.43. The summed E-state index contributed by atoms with van der Waals surface area (Å²) >= 11 is 5.76. The molecule has 2 aromatic rings. The Balaban J connectivity index is 2.16. The van der Waals surface area contributed by atoms with Gasteiger partial charge >= 0.3 is 0 Å². The molecule has 1 N–H and O–H groups in total. The topological polar surface area (TPSA) is 57.7 Å². The summed E-state index contributed by atoms with van der Waals surface area (Å²) in [6.07, 6.45) is 5.11. The van der Waals surface area contributed by atoms with E-state index in [2.05, 4.69) is 31.8 Å². The van der Waals surface area contributed by atoms with Gasteiger partial charge in [0, 0.05) is 18.9 Å². The third-order valence-corrected chi connectivity index (χ3v) is 2.42. The Kier molecular flexibility index (Phi) is 3.36. The number of aromatic amines is 1. The van der Waals surface area contributed by atoms with E-state index in [4.69, 9.17) is 11.6 Å². The monoisotopic (exact) mass is 237 g/mol. The molecule has 0 atom stereocenters. The van der Waals surface area contributed by atoms with Gasteiger partial charge in [0.05, 0.1) is 18.6 Å². The summed E-state index contributed by atoms with van der Waals surface area (Å²) in [5.41, 5.74) is 1.04. The van der Waals surface area contributed by atoms with E-state index < -0.39 is 0 Å². The molecular weight excluding hydrogens is 226 g/mol. The minimum atomic E-state index is 0.264. The van der Waals surface area contributed by atoms with Crippen LogP contribution in [0.3, 0.4) is 0 Å². The van der Waals surface area contributed by atoms with E-state index >= 15 is 0 Å². The van der Waals surface area contributed by atoms with Crippen LogP contribution < -0.4 is 4.90 Å². The Morgan fingerprint density at radius 2 is 2.38 bits per heavy atom. The van der Waals surface area contributed by atoms with Crippen molar-refractivity contribution in [3.8, 4) is 0 Å². The Hall–Kier alpha value is -1.62. The van der Waals surface area contributed by atoms with E-state index in [1.165, 1.54) is 0 Å². The number of hydrogen-bond acceptors (Lipinski definition) is 4. The van der Waals surface area contributed by atoms with Crippen molar-refractivity contribution in [1.82, 2.24) is 19.9 Å². The van der Waals surface area contributed by atoms with Crippen molar-refractivity contribution in [3.05, 3.63) is 35.8 Å². The van der Waals surface area contributed by atoms with Gasteiger partial charge in [-0.1, -0.05) is 0 Å². The van der Waals surface area contributed by atoms with E-state index in [0.29, 0.717) is 0 Å². The zero-order valence-electron chi connectivity index (χ0n) is 8.89. The normalized spacial score (nSPS) is 10.4. The SMILES string of the molecule is CCN(Cc1cnc[nH]1)c1ccnc(Cl)n1. The standard InChI is InChI=1S/C10H12ClN5/c1-2-16(6-8-5-12-7-14-8)9-3-4-13-10(11)15-9/h3-5,7H,2,6H2,1H3,(H,12,14). The smallest absolute Gasteiger partial charge is 0.224 e. The largest absolute Gasteiger partial charge is 0.351 e. The van der Waals surface area contributed by atoms with Crippen molar-refractivity contribution < 1.29 is 0 Å². The maximum atomic E-state index is 5.76. The highest BCUT2D eigenvalue weighted by molar-refractivity contribution is 6.28. The lowest BCUT2D eigenvalue weighted by Gasteiger charge is -2.20. The van der Waals surface area contributed by atoms with E-state index in [0.717, 1.165) is 24.6 Å². The molecule has 6 heteroatoms. The van der Waals surface area contributed by atoms with Gasteiger partial charge in [-0.25, -0.2) is 15.0 Å². The Morgan fingerprint density at radius 1 is 1.50 bits per heavy atom. The van der Waals surface area contributed by atoms with Crippen LogP contribution in [-0.2, 0) is 6.54 Å². The predicted molar refractivity (Wildman–Crippen MR) is 62.4 cm³/mol. The second-order valence-corrected chi connectivity index (χ2v) is 3.61.